The van der Waals surface area contributed by atoms with Gasteiger partial charge in [0.2, 0.25) is 12.6 Å². The molecule has 1 aromatic rings. The normalized spacial score (nSPS) is 19.3. The third-order valence-electron chi connectivity index (χ3n) is 3.32. The van der Waals surface area contributed by atoms with Crippen molar-refractivity contribution in [2.75, 3.05) is 13.2 Å². The van der Waals surface area contributed by atoms with Crippen LogP contribution in [0.4, 0.5) is 0 Å². The highest BCUT2D eigenvalue weighted by atomic mass is 16.6. The van der Waals surface area contributed by atoms with Crippen molar-refractivity contribution in [2.24, 2.45) is 0 Å². The molecule has 10 heteroatoms. The van der Waals surface area contributed by atoms with Crippen LogP contribution < -0.4 is 0 Å². The van der Waals surface area contributed by atoms with Gasteiger partial charge in [0.15, 0.2) is 0 Å². The second-order valence-electron chi connectivity index (χ2n) is 5.26. The molecule has 0 fully saturated rings. The summed E-state index contributed by atoms with van der Waals surface area (Å²) in [6.45, 7) is 1.85. The molecule has 0 aromatic carbocycles. The van der Waals surface area contributed by atoms with Crippen LogP contribution in [0, 0.1) is 0 Å². The highest BCUT2D eigenvalue weighted by Gasteiger charge is 2.23. The maximum atomic E-state index is 9.94. The minimum Gasteiger partial charge on any atom is -0.394 e. The van der Waals surface area contributed by atoms with E-state index < -0.39 is 50.2 Å². The molecule has 1 aromatic heterocycles. The van der Waals surface area contributed by atoms with Gasteiger partial charge >= 0.3 is 0 Å². The molecule has 1 heterocycles. The van der Waals surface area contributed by atoms with Gasteiger partial charge in [0.25, 0.3) is 0 Å². The maximum absolute atomic E-state index is 9.94. The summed E-state index contributed by atoms with van der Waals surface area (Å²) in [6, 6.07) is 0. The van der Waals surface area contributed by atoms with Crippen molar-refractivity contribution in [3.63, 3.8) is 0 Å². The Balaban J connectivity index is 2.75. The van der Waals surface area contributed by atoms with Crippen molar-refractivity contribution < 1.29 is 40.1 Å². The van der Waals surface area contributed by atoms with Gasteiger partial charge in [-0.25, -0.2) is 4.98 Å². The average molecular weight is 348 g/mol. The highest BCUT2D eigenvalue weighted by Crippen LogP contribution is 2.19. The Kier molecular flexibility index (Phi) is 8.59. The summed E-state index contributed by atoms with van der Waals surface area (Å²) in [6.07, 6.45) is -4.76. The van der Waals surface area contributed by atoms with E-state index >= 15 is 0 Å². The van der Waals surface area contributed by atoms with Gasteiger partial charge in [-0.15, -0.1) is 0 Å². The van der Waals surface area contributed by atoms with Crippen LogP contribution in [0.3, 0.4) is 0 Å². The molecule has 138 valence electrons. The first kappa shape index (κ1) is 20.8. The van der Waals surface area contributed by atoms with E-state index in [0.29, 0.717) is 0 Å². The lowest BCUT2D eigenvalue weighted by molar-refractivity contribution is -0.174. The molecule has 0 bridgehead atoms. The number of hydrogen-bond donors (Lipinski definition) is 6. The monoisotopic (exact) mass is 348 g/mol. The summed E-state index contributed by atoms with van der Waals surface area (Å²) in [4.78, 5) is 7.75. The Morgan fingerprint density at radius 2 is 1.21 bits per heavy atom. The second kappa shape index (κ2) is 9.91. The summed E-state index contributed by atoms with van der Waals surface area (Å²) >= 11 is 0. The van der Waals surface area contributed by atoms with Gasteiger partial charge in [0.1, 0.15) is 23.6 Å². The second-order valence-corrected chi connectivity index (χ2v) is 5.26. The van der Waals surface area contributed by atoms with E-state index in [1.54, 1.807) is 0 Å². The van der Waals surface area contributed by atoms with E-state index in [1.807, 2.05) is 0 Å². The van der Waals surface area contributed by atoms with Crippen molar-refractivity contribution in [3.8, 4) is 0 Å². The third-order valence-corrected chi connectivity index (χ3v) is 3.32. The van der Waals surface area contributed by atoms with Crippen LogP contribution in [0.15, 0.2) is 12.4 Å². The molecule has 0 amide bonds. The molecule has 0 radical (unpaired) electrons. The zero-order valence-electron chi connectivity index (χ0n) is 13.4. The van der Waals surface area contributed by atoms with E-state index in [0.717, 1.165) is 0 Å². The quantitative estimate of drug-likeness (QED) is 0.260. The lowest BCUT2D eigenvalue weighted by atomic mass is 10.2. The topological polar surface area (TPSA) is 166 Å². The Labute approximate surface area is 139 Å². The van der Waals surface area contributed by atoms with Crippen molar-refractivity contribution in [1.29, 1.82) is 0 Å². The molecule has 0 aliphatic heterocycles. The number of aromatic nitrogens is 2. The van der Waals surface area contributed by atoms with E-state index in [1.165, 1.54) is 26.2 Å². The minimum absolute atomic E-state index is 0.0394. The Morgan fingerprint density at radius 3 is 1.54 bits per heavy atom. The molecule has 24 heavy (non-hydrogen) atoms. The summed E-state index contributed by atoms with van der Waals surface area (Å²) < 4.78 is 10.2. The molecular weight excluding hydrogens is 324 g/mol. The Hall–Kier alpha value is -1.24. The number of ether oxygens (including phenoxy) is 2. The Morgan fingerprint density at radius 1 is 0.833 bits per heavy atom. The fourth-order valence-electron chi connectivity index (χ4n) is 1.66. The zero-order valence-corrected chi connectivity index (χ0v) is 13.4. The number of aliphatic hydroxyl groups is 6. The molecule has 0 saturated heterocycles. The number of aliphatic hydroxyl groups excluding tert-OH is 6. The standard InChI is InChI=1S/C14H24N2O8/c1-7(11(19)5-17)23-13(21)9-3-15-4-10(16-9)14(22)24-8(2)12(20)6-18/h3-4,7-8,11-14,17-22H,5-6H2,1-2H3. The third kappa shape index (κ3) is 6.00. The van der Waals surface area contributed by atoms with Crippen LogP contribution in [0.1, 0.15) is 37.8 Å². The largest absolute Gasteiger partial charge is 0.394 e. The molecule has 6 N–H and O–H groups in total. The highest BCUT2D eigenvalue weighted by molar-refractivity contribution is 5.05. The van der Waals surface area contributed by atoms with Crippen LogP contribution in [-0.2, 0) is 9.47 Å². The van der Waals surface area contributed by atoms with E-state index in [4.69, 9.17) is 19.7 Å². The molecule has 0 spiro atoms. The van der Waals surface area contributed by atoms with Gasteiger partial charge in [-0.1, -0.05) is 0 Å². The predicted octanol–water partition coefficient (Wildman–Crippen LogP) is -2.02. The first-order valence-electron chi connectivity index (χ1n) is 7.36. The fourth-order valence-corrected chi connectivity index (χ4v) is 1.66. The van der Waals surface area contributed by atoms with Crippen LogP contribution in [0.5, 0.6) is 0 Å². The van der Waals surface area contributed by atoms with E-state index in [-0.39, 0.29) is 11.4 Å². The lowest BCUT2D eigenvalue weighted by Gasteiger charge is -2.22. The molecule has 6 atom stereocenters. The SMILES string of the molecule is CC(OC(O)c1cncc(C(O)OC(C)C(O)CO)n1)C(O)CO. The van der Waals surface area contributed by atoms with Gasteiger partial charge in [0, 0.05) is 0 Å². The van der Waals surface area contributed by atoms with Crippen LogP contribution in [0.2, 0.25) is 0 Å². The van der Waals surface area contributed by atoms with Gasteiger partial charge < -0.3 is 40.1 Å². The molecule has 0 aliphatic carbocycles. The summed E-state index contributed by atoms with van der Waals surface area (Å²) in [5.74, 6) is 0. The minimum atomic E-state index is -1.54. The number of rotatable bonds is 10. The van der Waals surface area contributed by atoms with Crippen molar-refractivity contribution >= 4 is 0 Å². The van der Waals surface area contributed by atoms with Gasteiger partial charge in [-0.2, -0.15) is 0 Å². The van der Waals surface area contributed by atoms with Crippen molar-refractivity contribution in [1.82, 2.24) is 9.97 Å². The number of nitrogens with zero attached hydrogens (tertiary/aromatic N) is 2. The molecule has 0 saturated carbocycles. The summed E-state index contributed by atoms with van der Waals surface area (Å²) in [5, 5.41) is 56.4. The van der Waals surface area contributed by atoms with Crippen LogP contribution in [0.25, 0.3) is 0 Å². The molecular formula is C14H24N2O8. The van der Waals surface area contributed by atoms with Gasteiger partial charge in [-0.3, -0.25) is 4.98 Å². The Bertz CT molecular complexity index is 452. The predicted molar refractivity (Wildman–Crippen MR) is 79.2 cm³/mol. The van der Waals surface area contributed by atoms with E-state index in [9.17, 15) is 20.4 Å². The molecule has 0 aliphatic rings. The first-order chi connectivity index (χ1) is 11.3. The average Bonchev–Trinajstić information content (AvgIpc) is 2.59. The van der Waals surface area contributed by atoms with Gasteiger partial charge in [0.05, 0.1) is 37.8 Å². The molecule has 6 unspecified atom stereocenters. The van der Waals surface area contributed by atoms with Crippen molar-refractivity contribution in [3.05, 3.63) is 23.8 Å². The molecule has 1 rings (SSSR count). The summed E-state index contributed by atoms with van der Waals surface area (Å²) in [7, 11) is 0. The van der Waals surface area contributed by atoms with Crippen LogP contribution >= 0.6 is 0 Å². The van der Waals surface area contributed by atoms with E-state index in [2.05, 4.69) is 9.97 Å². The number of hydrogen-bond acceptors (Lipinski definition) is 10. The first-order valence-corrected chi connectivity index (χ1v) is 7.36. The molecule has 10 nitrogen and oxygen atoms in total. The van der Waals surface area contributed by atoms with Crippen molar-refractivity contribution in [2.45, 2.75) is 50.8 Å². The van der Waals surface area contributed by atoms with Crippen LogP contribution in [-0.4, -0.2) is 78.2 Å². The van der Waals surface area contributed by atoms with Gasteiger partial charge in [-0.05, 0) is 13.8 Å². The zero-order chi connectivity index (χ0) is 18.3. The lowest BCUT2D eigenvalue weighted by Crippen LogP contribution is -2.31. The smallest absolute Gasteiger partial charge is 0.200 e. The fraction of sp³-hybridized carbons (Fsp3) is 0.714. The summed E-state index contributed by atoms with van der Waals surface area (Å²) in [5.41, 5.74) is -0.0787. The maximum Gasteiger partial charge on any atom is 0.200 e.